The van der Waals surface area contributed by atoms with Crippen LogP contribution in [0.25, 0.3) is 0 Å². The van der Waals surface area contributed by atoms with E-state index in [9.17, 15) is 10.5 Å². The van der Waals surface area contributed by atoms with E-state index in [1.165, 1.54) is 23.5 Å². The van der Waals surface area contributed by atoms with Crippen molar-refractivity contribution >= 4 is 55.4 Å². The predicted molar refractivity (Wildman–Crippen MR) is 114 cm³/mol. The highest BCUT2D eigenvalue weighted by Crippen LogP contribution is 2.36. The van der Waals surface area contributed by atoms with Crippen LogP contribution in [0.1, 0.15) is 0 Å². The minimum absolute atomic E-state index is 0.0605. The molecule has 2 aromatic rings. The first-order valence-corrected chi connectivity index (χ1v) is 10.3. The zero-order valence-corrected chi connectivity index (χ0v) is 18.0. The summed E-state index contributed by atoms with van der Waals surface area (Å²) in [6, 6.07) is 19.0. The van der Waals surface area contributed by atoms with Gasteiger partial charge in [0, 0.05) is 18.7 Å². The lowest BCUT2D eigenvalue weighted by molar-refractivity contribution is 1.33. The Balaban J connectivity index is 2.42. The van der Waals surface area contributed by atoms with Gasteiger partial charge >= 0.3 is 0 Å². The van der Waals surface area contributed by atoms with E-state index in [4.69, 9.17) is 11.5 Å². The van der Waals surface area contributed by atoms with Crippen LogP contribution in [0.15, 0.2) is 88.5 Å². The average molecular weight is 508 g/mol. The molecule has 2 aromatic carbocycles. The molecular formula is C18H12Br2N4S2. The van der Waals surface area contributed by atoms with Crippen LogP contribution in [0.2, 0.25) is 0 Å². The zero-order valence-electron chi connectivity index (χ0n) is 13.2. The molecule has 0 bridgehead atoms. The van der Waals surface area contributed by atoms with Gasteiger partial charge in [0.2, 0.25) is 0 Å². The molecule has 0 aliphatic heterocycles. The number of allylic oxidation sites excluding steroid dienone is 2. The van der Waals surface area contributed by atoms with E-state index in [0.717, 1.165) is 18.7 Å². The van der Waals surface area contributed by atoms with Crippen LogP contribution in [0.5, 0.6) is 0 Å². The van der Waals surface area contributed by atoms with E-state index >= 15 is 0 Å². The SMILES string of the molecule is N#CC(=C(/N)Sc1ccccc1Br)/C(C#N)=C(\N)Sc1ccccc1Br. The van der Waals surface area contributed by atoms with Crippen molar-refractivity contribution in [3.63, 3.8) is 0 Å². The van der Waals surface area contributed by atoms with Gasteiger partial charge < -0.3 is 11.5 Å². The molecule has 0 saturated carbocycles. The molecular weight excluding hydrogens is 496 g/mol. The third kappa shape index (κ3) is 5.09. The number of nitrogens with two attached hydrogens (primary N) is 2. The summed E-state index contributed by atoms with van der Waals surface area (Å²) >= 11 is 9.28. The minimum atomic E-state index is 0.0605. The monoisotopic (exact) mass is 506 g/mol. The minimum Gasteiger partial charge on any atom is -0.392 e. The van der Waals surface area contributed by atoms with Crippen molar-refractivity contribution < 1.29 is 0 Å². The summed E-state index contributed by atoms with van der Waals surface area (Å²) in [5, 5.41) is 19.5. The van der Waals surface area contributed by atoms with Crippen LogP contribution >= 0.6 is 55.4 Å². The summed E-state index contributed by atoms with van der Waals surface area (Å²) < 4.78 is 1.70. The number of halogens is 2. The number of thioether (sulfide) groups is 2. The maximum absolute atomic E-state index is 9.54. The summed E-state index contributed by atoms with van der Waals surface area (Å²) in [6.07, 6.45) is 0. The fraction of sp³-hybridized carbons (Fsp3) is 0. The molecule has 0 aliphatic carbocycles. The third-order valence-electron chi connectivity index (χ3n) is 3.08. The summed E-state index contributed by atoms with van der Waals surface area (Å²) in [5.74, 6) is 0. The molecule has 0 heterocycles. The first-order valence-electron chi connectivity index (χ1n) is 7.12. The quantitative estimate of drug-likeness (QED) is 0.315. The summed E-state index contributed by atoms with van der Waals surface area (Å²) in [7, 11) is 0. The van der Waals surface area contributed by atoms with E-state index in [1.54, 1.807) is 0 Å². The van der Waals surface area contributed by atoms with Crippen LogP contribution in [0, 0.1) is 22.7 Å². The van der Waals surface area contributed by atoms with Crippen LogP contribution in [0.4, 0.5) is 0 Å². The second kappa shape index (κ2) is 9.75. The molecule has 0 radical (unpaired) electrons. The van der Waals surface area contributed by atoms with Crippen LogP contribution < -0.4 is 11.5 Å². The predicted octanol–water partition coefficient (Wildman–Crippen LogP) is 5.48. The lowest BCUT2D eigenvalue weighted by atomic mass is 10.1. The van der Waals surface area contributed by atoms with Crippen molar-refractivity contribution in [2.24, 2.45) is 11.5 Å². The van der Waals surface area contributed by atoms with Gasteiger partial charge in [0.15, 0.2) is 0 Å². The molecule has 4 N–H and O–H groups in total. The van der Waals surface area contributed by atoms with Gasteiger partial charge in [0.1, 0.15) is 23.3 Å². The van der Waals surface area contributed by atoms with Crippen LogP contribution in [0.3, 0.4) is 0 Å². The van der Waals surface area contributed by atoms with Gasteiger partial charge in [-0.3, -0.25) is 0 Å². The molecule has 0 saturated heterocycles. The number of hydrogen-bond acceptors (Lipinski definition) is 6. The number of nitriles is 2. The highest BCUT2D eigenvalue weighted by Gasteiger charge is 2.16. The standard InChI is InChI=1S/C18H12Br2N4S2/c19-13-5-1-3-7-15(13)25-17(23)11(9-21)12(10-22)18(24)26-16-8-4-2-6-14(16)20/h1-8H,23-24H2/b17-11+,18-12+. The summed E-state index contributed by atoms with van der Waals surface area (Å²) in [6.45, 7) is 0. The Morgan fingerprint density at radius 2 is 1.08 bits per heavy atom. The fourth-order valence-corrected chi connectivity index (χ4v) is 4.52. The highest BCUT2D eigenvalue weighted by molar-refractivity contribution is 9.10. The van der Waals surface area contributed by atoms with Crippen molar-refractivity contribution in [2.75, 3.05) is 0 Å². The van der Waals surface area contributed by atoms with Gasteiger partial charge in [-0.05, 0) is 56.1 Å². The summed E-state index contributed by atoms with van der Waals surface area (Å²) in [5.41, 5.74) is 12.3. The fourth-order valence-electron chi connectivity index (χ4n) is 1.86. The Labute approximate surface area is 177 Å². The topological polar surface area (TPSA) is 99.6 Å². The van der Waals surface area contributed by atoms with Gasteiger partial charge in [-0.25, -0.2) is 0 Å². The van der Waals surface area contributed by atoms with E-state index in [1.807, 2.05) is 60.7 Å². The second-order valence-corrected chi connectivity index (χ2v) is 8.64. The molecule has 0 fully saturated rings. The molecule has 0 aliphatic rings. The Morgan fingerprint density at radius 1 is 0.731 bits per heavy atom. The number of hydrogen-bond donors (Lipinski definition) is 2. The molecule has 0 atom stereocenters. The molecule has 0 amide bonds. The lowest BCUT2D eigenvalue weighted by Gasteiger charge is -2.09. The van der Waals surface area contributed by atoms with Gasteiger partial charge in [-0.1, -0.05) is 47.8 Å². The molecule has 2 rings (SSSR count). The Morgan fingerprint density at radius 3 is 1.38 bits per heavy atom. The largest absolute Gasteiger partial charge is 0.392 e. The zero-order chi connectivity index (χ0) is 19.1. The van der Waals surface area contributed by atoms with Crippen molar-refractivity contribution in [2.45, 2.75) is 9.79 Å². The van der Waals surface area contributed by atoms with Gasteiger partial charge in [0.05, 0.1) is 10.1 Å². The molecule has 0 unspecified atom stereocenters. The molecule has 8 heteroatoms. The number of rotatable bonds is 5. The van der Waals surface area contributed by atoms with Crippen molar-refractivity contribution in [1.82, 2.24) is 0 Å². The second-order valence-electron chi connectivity index (χ2n) is 4.77. The molecule has 26 heavy (non-hydrogen) atoms. The normalized spacial score (nSPS) is 12.5. The van der Waals surface area contributed by atoms with E-state index in [2.05, 4.69) is 31.9 Å². The first kappa shape index (κ1) is 20.5. The van der Waals surface area contributed by atoms with Crippen molar-refractivity contribution in [1.29, 1.82) is 10.5 Å². The van der Waals surface area contributed by atoms with Gasteiger partial charge in [0.25, 0.3) is 0 Å². The van der Waals surface area contributed by atoms with Crippen molar-refractivity contribution in [3.8, 4) is 12.1 Å². The van der Waals surface area contributed by atoms with Crippen LogP contribution in [-0.4, -0.2) is 0 Å². The molecule has 0 aromatic heterocycles. The molecule has 0 spiro atoms. The maximum Gasteiger partial charge on any atom is 0.103 e. The van der Waals surface area contributed by atoms with Crippen molar-refractivity contribution in [3.05, 3.63) is 78.7 Å². The highest BCUT2D eigenvalue weighted by atomic mass is 79.9. The number of nitrogens with zero attached hydrogens (tertiary/aromatic N) is 2. The van der Waals surface area contributed by atoms with Gasteiger partial charge in [-0.15, -0.1) is 0 Å². The molecule has 130 valence electrons. The molecule has 4 nitrogen and oxygen atoms in total. The average Bonchev–Trinajstić information content (AvgIpc) is 2.63. The Hall–Kier alpha value is -1.84. The lowest BCUT2D eigenvalue weighted by Crippen LogP contribution is -2.05. The Kier molecular flexibility index (Phi) is 7.67. The van der Waals surface area contributed by atoms with E-state index in [0.29, 0.717) is 0 Å². The maximum atomic E-state index is 9.54. The van der Waals surface area contributed by atoms with Gasteiger partial charge in [-0.2, -0.15) is 10.5 Å². The van der Waals surface area contributed by atoms with Crippen LogP contribution in [-0.2, 0) is 0 Å². The first-order chi connectivity index (χ1) is 12.5. The smallest absolute Gasteiger partial charge is 0.103 e. The van der Waals surface area contributed by atoms with E-state index < -0.39 is 0 Å². The Bertz CT molecular complexity index is 892. The van der Waals surface area contributed by atoms with E-state index in [-0.39, 0.29) is 21.2 Å². The number of benzene rings is 2. The summed E-state index contributed by atoms with van der Waals surface area (Å²) in [4.78, 5) is 1.68. The third-order valence-corrected chi connectivity index (χ3v) is 6.99.